The van der Waals surface area contributed by atoms with Gasteiger partial charge in [0.15, 0.2) is 0 Å². The summed E-state index contributed by atoms with van der Waals surface area (Å²) < 4.78 is 0. The average molecular weight is 271 g/mol. The minimum absolute atomic E-state index is 0.186. The van der Waals surface area contributed by atoms with Crippen molar-refractivity contribution in [3.8, 4) is 11.8 Å². The molecule has 0 spiro atoms. The van der Waals surface area contributed by atoms with Gasteiger partial charge in [-0.25, -0.2) is 0 Å². The number of phenols is 1. The Balaban J connectivity index is 1.94. The zero-order chi connectivity index (χ0) is 13.9. The maximum Gasteiger partial charge on any atom is 0.138 e. The standard InChI is InChI=1S/C16H21N3O/c17-11-13-5-2-6-14(16(13)20)15(12-3-1-4-12)19-9-7-18-8-10-19/h2,5-6,12,15,18,20H,1,3-4,7-10H2/t15-/m1/s1. The van der Waals surface area contributed by atoms with E-state index in [1.165, 1.54) is 19.3 Å². The third-order valence-electron chi connectivity index (χ3n) is 4.65. The van der Waals surface area contributed by atoms with Crippen molar-refractivity contribution in [3.63, 3.8) is 0 Å². The Morgan fingerprint density at radius 2 is 2.05 bits per heavy atom. The fraction of sp³-hybridized carbons (Fsp3) is 0.562. The number of hydrogen-bond donors (Lipinski definition) is 2. The Bertz CT molecular complexity index is 513. The summed E-state index contributed by atoms with van der Waals surface area (Å²) in [5.74, 6) is 0.804. The first-order valence-corrected chi connectivity index (χ1v) is 7.48. The average Bonchev–Trinajstić information content (AvgIpc) is 2.44. The monoisotopic (exact) mass is 271 g/mol. The number of nitrogens with zero attached hydrogens (tertiary/aromatic N) is 2. The van der Waals surface area contributed by atoms with Crippen LogP contribution in [0.25, 0.3) is 0 Å². The maximum absolute atomic E-state index is 10.4. The van der Waals surface area contributed by atoms with Gasteiger partial charge in [0.25, 0.3) is 0 Å². The highest BCUT2D eigenvalue weighted by Crippen LogP contribution is 2.44. The number of nitriles is 1. The lowest BCUT2D eigenvalue weighted by molar-refractivity contribution is 0.0819. The summed E-state index contributed by atoms with van der Waals surface area (Å²) in [4.78, 5) is 2.47. The third kappa shape index (κ3) is 2.39. The van der Waals surface area contributed by atoms with Gasteiger partial charge in [-0.05, 0) is 24.8 Å². The quantitative estimate of drug-likeness (QED) is 0.883. The van der Waals surface area contributed by atoms with Crippen LogP contribution >= 0.6 is 0 Å². The van der Waals surface area contributed by atoms with Gasteiger partial charge in [0.1, 0.15) is 11.8 Å². The molecule has 0 aromatic heterocycles. The smallest absolute Gasteiger partial charge is 0.138 e. The number of para-hydroxylation sites is 1. The minimum atomic E-state index is 0.186. The highest BCUT2D eigenvalue weighted by molar-refractivity contribution is 5.49. The van der Waals surface area contributed by atoms with E-state index < -0.39 is 0 Å². The van der Waals surface area contributed by atoms with Crippen molar-refractivity contribution < 1.29 is 5.11 Å². The zero-order valence-corrected chi connectivity index (χ0v) is 11.7. The molecular formula is C16H21N3O. The van der Waals surface area contributed by atoms with Gasteiger partial charge in [-0.3, -0.25) is 4.90 Å². The van der Waals surface area contributed by atoms with Crippen LogP contribution in [0, 0.1) is 17.2 Å². The molecule has 0 unspecified atom stereocenters. The molecule has 2 fully saturated rings. The SMILES string of the molecule is N#Cc1cccc([C@@H](C2CCC2)N2CCNCC2)c1O. The molecule has 1 aromatic carbocycles. The predicted octanol–water partition coefficient (Wildman–Crippen LogP) is 2.01. The molecular weight excluding hydrogens is 250 g/mol. The van der Waals surface area contributed by atoms with Crippen molar-refractivity contribution in [2.45, 2.75) is 25.3 Å². The Hall–Kier alpha value is -1.57. The first kappa shape index (κ1) is 13.4. The van der Waals surface area contributed by atoms with Gasteiger partial charge in [-0.2, -0.15) is 5.26 Å². The van der Waals surface area contributed by atoms with Crippen molar-refractivity contribution in [2.24, 2.45) is 5.92 Å². The van der Waals surface area contributed by atoms with Crippen LogP contribution in [-0.4, -0.2) is 36.2 Å². The second kappa shape index (κ2) is 5.82. The number of piperazine rings is 1. The van der Waals surface area contributed by atoms with Crippen molar-refractivity contribution in [3.05, 3.63) is 29.3 Å². The van der Waals surface area contributed by atoms with Gasteiger partial charge < -0.3 is 10.4 Å². The predicted molar refractivity (Wildman–Crippen MR) is 77.3 cm³/mol. The van der Waals surface area contributed by atoms with Crippen LogP contribution < -0.4 is 5.32 Å². The molecule has 0 bridgehead atoms. The molecule has 3 rings (SSSR count). The van der Waals surface area contributed by atoms with Crippen LogP contribution in [0.5, 0.6) is 5.75 Å². The van der Waals surface area contributed by atoms with E-state index in [9.17, 15) is 5.11 Å². The number of phenolic OH excluding ortho intramolecular Hbond substituents is 1. The Labute approximate surface area is 120 Å². The van der Waals surface area contributed by atoms with Crippen molar-refractivity contribution in [1.82, 2.24) is 10.2 Å². The summed E-state index contributed by atoms with van der Waals surface area (Å²) in [6.45, 7) is 4.03. The second-order valence-electron chi connectivity index (χ2n) is 5.78. The molecule has 2 aliphatic rings. The van der Waals surface area contributed by atoms with E-state index in [2.05, 4.69) is 16.3 Å². The topological polar surface area (TPSA) is 59.3 Å². The summed E-state index contributed by atoms with van der Waals surface area (Å²) in [6.07, 6.45) is 3.74. The molecule has 1 saturated carbocycles. The molecule has 4 heteroatoms. The van der Waals surface area contributed by atoms with E-state index in [4.69, 9.17) is 5.26 Å². The van der Waals surface area contributed by atoms with Crippen LogP contribution in [0.15, 0.2) is 18.2 Å². The van der Waals surface area contributed by atoms with E-state index in [0.717, 1.165) is 31.7 Å². The molecule has 4 nitrogen and oxygen atoms in total. The number of nitrogens with one attached hydrogen (secondary N) is 1. The molecule has 0 amide bonds. The normalized spacial score (nSPS) is 21.9. The third-order valence-corrected chi connectivity index (χ3v) is 4.65. The highest BCUT2D eigenvalue weighted by atomic mass is 16.3. The van der Waals surface area contributed by atoms with Crippen LogP contribution in [0.4, 0.5) is 0 Å². The summed E-state index contributed by atoms with van der Waals surface area (Å²) in [5.41, 5.74) is 1.33. The van der Waals surface area contributed by atoms with Crippen molar-refractivity contribution >= 4 is 0 Å². The van der Waals surface area contributed by atoms with Gasteiger partial charge >= 0.3 is 0 Å². The summed E-state index contributed by atoms with van der Waals surface area (Å²) in [7, 11) is 0. The first-order chi connectivity index (χ1) is 9.81. The first-order valence-electron chi connectivity index (χ1n) is 7.48. The Morgan fingerprint density at radius 1 is 1.30 bits per heavy atom. The molecule has 0 radical (unpaired) electrons. The van der Waals surface area contributed by atoms with Gasteiger partial charge in [-0.1, -0.05) is 18.6 Å². The second-order valence-corrected chi connectivity index (χ2v) is 5.78. The fourth-order valence-electron chi connectivity index (χ4n) is 3.35. The number of hydrogen-bond acceptors (Lipinski definition) is 4. The molecule has 106 valence electrons. The molecule has 1 aliphatic heterocycles. The van der Waals surface area contributed by atoms with E-state index in [-0.39, 0.29) is 11.8 Å². The van der Waals surface area contributed by atoms with Crippen LogP contribution in [0.2, 0.25) is 0 Å². The lowest BCUT2D eigenvalue weighted by Gasteiger charge is -2.43. The van der Waals surface area contributed by atoms with E-state index >= 15 is 0 Å². The van der Waals surface area contributed by atoms with Crippen molar-refractivity contribution in [2.75, 3.05) is 26.2 Å². The van der Waals surface area contributed by atoms with Crippen LogP contribution in [0.3, 0.4) is 0 Å². The molecule has 1 aromatic rings. The highest BCUT2D eigenvalue weighted by Gasteiger charge is 2.35. The number of benzene rings is 1. The van der Waals surface area contributed by atoms with Gasteiger partial charge in [0, 0.05) is 37.8 Å². The van der Waals surface area contributed by atoms with E-state index in [1.54, 1.807) is 6.07 Å². The van der Waals surface area contributed by atoms with Crippen LogP contribution in [-0.2, 0) is 0 Å². The Kier molecular flexibility index (Phi) is 3.90. The zero-order valence-electron chi connectivity index (χ0n) is 11.7. The van der Waals surface area contributed by atoms with E-state index in [1.807, 2.05) is 12.1 Å². The fourth-order valence-corrected chi connectivity index (χ4v) is 3.35. The summed E-state index contributed by atoms with van der Waals surface area (Å²) in [5, 5.41) is 22.9. The van der Waals surface area contributed by atoms with Gasteiger partial charge in [0.05, 0.1) is 5.56 Å². The molecule has 2 N–H and O–H groups in total. The van der Waals surface area contributed by atoms with Crippen molar-refractivity contribution in [1.29, 1.82) is 5.26 Å². The van der Waals surface area contributed by atoms with Crippen LogP contribution in [0.1, 0.15) is 36.4 Å². The minimum Gasteiger partial charge on any atom is -0.506 e. The summed E-state index contributed by atoms with van der Waals surface area (Å²) >= 11 is 0. The van der Waals surface area contributed by atoms with E-state index in [0.29, 0.717) is 11.5 Å². The number of rotatable bonds is 3. The molecule has 1 saturated heterocycles. The largest absolute Gasteiger partial charge is 0.506 e. The van der Waals surface area contributed by atoms with Gasteiger partial charge in [-0.15, -0.1) is 0 Å². The lowest BCUT2D eigenvalue weighted by atomic mass is 9.76. The lowest BCUT2D eigenvalue weighted by Crippen LogP contribution is -2.47. The molecule has 1 aliphatic carbocycles. The number of aromatic hydroxyl groups is 1. The summed E-state index contributed by atoms with van der Waals surface area (Å²) in [6, 6.07) is 7.92. The molecule has 1 heterocycles. The Morgan fingerprint density at radius 3 is 2.65 bits per heavy atom. The molecule has 20 heavy (non-hydrogen) atoms. The maximum atomic E-state index is 10.4. The molecule has 1 atom stereocenters. The van der Waals surface area contributed by atoms with Gasteiger partial charge in [0.2, 0.25) is 0 Å².